The Balaban J connectivity index is 1.50. The summed E-state index contributed by atoms with van der Waals surface area (Å²) in [5, 5.41) is 10.2. The van der Waals surface area contributed by atoms with Crippen molar-refractivity contribution >= 4 is 23.2 Å². The highest BCUT2D eigenvalue weighted by atomic mass is 16.3. The number of para-hydroxylation sites is 2. The van der Waals surface area contributed by atoms with Crippen LogP contribution in [0.15, 0.2) is 77.4 Å². The van der Waals surface area contributed by atoms with E-state index in [1.165, 1.54) is 6.26 Å². The van der Waals surface area contributed by atoms with Crippen LogP contribution < -0.4 is 10.6 Å². The molecular weight excluding hydrogens is 380 g/mol. The van der Waals surface area contributed by atoms with Crippen molar-refractivity contribution in [1.82, 2.24) is 9.78 Å². The van der Waals surface area contributed by atoms with Crippen LogP contribution in [0.5, 0.6) is 0 Å². The molecule has 30 heavy (non-hydrogen) atoms. The first-order valence-electron chi connectivity index (χ1n) is 9.40. The van der Waals surface area contributed by atoms with E-state index in [1.807, 2.05) is 44.2 Å². The molecule has 0 radical (unpaired) electrons. The zero-order valence-electron chi connectivity index (χ0n) is 16.5. The predicted octanol–water partition coefficient (Wildman–Crippen LogP) is 4.59. The van der Waals surface area contributed by atoms with Gasteiger partial charge in [-0.2, -0.15) is 5.10 Å². The summed E-state index contributed by atoms with van der Waals surface area (Å²) in [4.78, 5) is 24.8. The highest BCUT2D eigenvalue weighted by Crippen LogP contribution is 2.22. The second-order valence-electron chi connectivity index (χ2n) is 6.82. The van der Waals surface area contributed by atoms with E-state index in [9.17, 15) is 9.59 Å². The molecule has 2 aromatic carbocycles. The number of aromatic nitrogens is 2. The summed E-state index contributed by atoms with van der Waals surface area (Å²) in [6, 6.07) is 19.3. The van der Waals surface area contributed by atoms with Crippen LogP contribution in [0.2, 0.25) is 0 Å². The van der Waals surface area contributed by atoms with Crippen molar-refractivity contribution in [2.24, 2.45) is 0 Å². The Kier molecular flexibility index (Phi) is 5.17. The molecule has 0 bridgehead atoms. The molecule has 150 valence electrons. The van der Waals surface area contributed by atoms with Crippen molar-refractivity contribution in [2.45, 2.75) is 13.8 Å². The van der Waals surface area contributed by atoms with Gasteiger partial charge >= 0.3 is 0 Å². The molecule has 2 N–H and O–H groups in total. The minimum Gasteiger partial charge on any atom is -0.459 e. The number of furan rings is 1. The Labute approximate surface area is 173 Å². The van der Waals surface area contributed by atoms with E-state index in [0.29, 0.717) is 16.9 Å². The van der Waals surface area contributed by atoms with Gasteiger partial charge < -0.3 is 15.1 Å². The molecule has 0 saturated carbocycles. The molecule has 4 rings (SSSR count). The largest absolute Gasteiger partial charge is 0.459 e. The number of carbonyl (C=O) groups excluding carboxylic acids is 2. The fraction of sp³-hybridized carbons (Fsp3) is 0.0870. The van der Waals surface area contributed by atoms with Crippen LogP contribution in [0, 0.1) is 13.8 Å². The molecule has 0 aliphatic heterocycles. The number of nitrogens with zero attached hydrogens (tertiary/aromatic N) is 2. The lowest BCUT2D eigenvalue weighted by atomic mass is 10.1. The average molecular weight is 400 g/mol. The first-order chi connectivity index (χ1) is 14.5. The first-order valence-corrected chi connectivity index (χ1v) is 9.40. The van der Waals surface area contributed by atoms with Gasteiger partial charge in [0.2, 0.25) is 0 Å². The van der Waals surface area contributed by atoms with Crippen molar-refractivity contribution in [3.63, 3.8) is 0 Å². The monoisotopic (exact) mass is 400 g/mol. The van der Waals surface area contributed by atoms with E-state index in [4.69, 9.17) is 4.42 Å². The first kappa shape index (κ1) is 19.2. The Morgan fingerprint density at radius 1 is 0.900 bits per heavy atom. The lowest BCUT2D eigenvalue weighted by Gasteiger charge is -2.13. The van der Waals surface area contributed by atoms with Crippen LogP contribution >= 0.6 is 0 Å². The number of nitrogens with one attached hydrogen (secondary N) is 2. The minimum atomic E-state index is -0.351. The smallest absolute Gasteiger partial charge is 0.291 e. The van der Waals surface area contributed by atoms with Gasteiger partial charge in [0.25, 0.3) is 11.8 Å². The van der Waals surface area contributed by atoms with Crippen molar-refractivity contribution in [1.29, 1.82) is 0 Å². The molecule has 2 heterocycles. The Morgan fingerprint density at radius 3 is 2.33 bits per heavy atom. The minimum absolute atomic E-state index is 0.220. The standard InChI is InChI=1S/C23H20N4O3/c1-15-14-16(2)27(26-15)20-7-4-3-6-19(20)25-22(28)17-9-11-18(12-10-17)24-23(29)21-8-5-13-30-21/h3-14H,1-2H3,(H,24,29)(H,25,28). The maximum atomic E-state index is 12.8. The summed E-state index contributed by atoms with van der Waals surface area (Å²) in [5.74, 6) is -0.388. The van der Waals surface area contributed by atoms with E-state index < -0.39 is 0 Å². The number of aryl methyl sites for hydroxylation is 2. The summed E-state index contributed by atoms with van der Waals surface area (Å²) in [6.07, 6.45) is 1.44. The number of hydrogen-bond acceptors (Lipinski definition) is 4. The van der Waals surface area contributed by atoms with Gasteiger partial charge in [0.05, 0.1) is 23.3 Å². The van der Waals surface area contributed by atoms with Gasteiger partial charge in [0.15, 0.2) is 5.76 Å². The molecule has 0 unspecified atom stereocenters. The van der Waals surface area contributed by atoms with Crippen LogP contribution in [0.25, 0.3) is 5.69 Å². The summed E-state index contributed by atoms with van der Waals surface area (Å²) in [6.45, 7) is 3.89. The third-order valence-corrected chi connectivity index (χ3v) is 4.54. The molecule has 0 spiro atoms. The lowest BCUT2D eigenvalue weighted by molar-refractivity contribution is 0.0995. The van der Waals surface area contributed by atoms with Crippen molar-refractivity contribution in [3.8, 4) is 5.69 Å². The van der Waals surface area contributed by atoms with Crippen molar-refractivity contribution < 1.29 is 14.0 Å². The second kappa shape index (κ2) is 8.08. The topological polar surface area (TPSA) is 89.2 Å². The molecular formula is C23H20N4O3. The maximum absolute atomic E-state index is 12.8. The SMILES string of the molecule is Cc1cc(C)n(-c2ccccc2NC(=O)c2ccc(NC(=O)c3ccco3)cc2)n1. The molecule has 0 saturated heterocycles. The summed E-state index contributed by atoms with van der Waals surface area (Å²) < 4.78 is 6.87. The number of carbonyl (C=O) groups is 2. The molecule has 0 fully saturated rings. The summed E-state index contributed by atoms with van der Waals surface area (Å²) >= 11 is 0. The van der Waals surface area contributed by atoms with E-state index in [2.05, 4.69) is 15.7 Å². The van der Waals surface area contributed by atoms with Crippen LogP contribution in [0.1, 0.15) is 32.3 Å². The molecule has 2 amide bonds. The van der Waals surface area contributed by atoms with E-state index >= 15 is 0 Å². The van der Waals surface area contributed by atoms with Gasteiger partial charge in [0.1, 0.15) is 0 Å². The van der Waals surface area contributed by atoms with Crippen LogP contribution in [-0.2, 0) is 0 Å². The maximum Gasteiger partial charge on any atom is 0.291 e. The van der Waals surface area contributed by atoms with E-state index in [-0.39, 0.29) is 17.6 Å². The fourth-order valence-corrected chi connectivity index (χ4v) is 3.14. The van der Waals surface area contributed by atoms with Gasteiger partial charge in [-0.3, -0.25) is 9.59 Å². The molecule has 4 aromatic rings. The fourth-order valence-electron chi connectivity index (χ4n) is 3.14. The van der Waals surface area contributed by atoms with Gasteiger partial charge in [0, 0.05) is 16.9 Å². The molecule has 7 nitrogen and oxygen atoms in total. The Morgan fingerprint density at radius 2 is 1.67 bits per heavy atom. The van der Waals surface area contributed by atoms with Crippen LogP contribution in [0.3, 0.4) is 0 Å². The number of hydrogen-bond donors (Lipinski definition) is 2. The zero-order chi connectivity index (χ0) is 21.1. The zero-order valence-corrected chi connectivity index (χ0v) is 16.5. The summed E-state index contributed by atoms with van der Waals surface area (Å²) in [5.41, 5.74) is 4.36. The van der Waals surface area contributed by atoms with E-state index in [1.54, 1.807) is 41.1 Å². The van der Waals surface area contributed by atoms with Gasteiger partial charge in [-0.05, 0) is 68.4 Å². The van der Waals surface area contributed by atoms with Gasteiger partial charge in [-0.15, -0.1) is 0 Å². The second-order valence-corrected chi connectivity index (χ2v) is 6.82. The van der Waals surface area contributed by atoms with Crippen molar-refractivity contribution in [2.75, 3.05) is 10.6 Å². The third kappa shape index (κ3) is 4.00. The number of anilines is 2. The quantitative estimate of drug-likeness (QED) is 0.513. The van der Waals surface area contributed by atoms with Gasteiger partial charge in [-0.25, -0.2) is 4.68 Å². The molecule has 0 aliphatic rings. The highest BCUT2D eigenvalue weighted by Gasteiger charge is 2.13. The third-order valence-electron chi connectivity index (χ3n) is 4.54. The Bertz CT molecular complexity index is 1190. The summed E-state index contributed by atoms with van der Waals surface area (Å²) in [7, 11) is 0. The molecule has 2 aromatic heterocycles. The number of benzene rings is 2. The normalized spacial score (nSPS) is 10.6. The number of amides is 2. The van der Waals surface area contributed by atoms with Gasteiger partial charge in [-0.1, -0.05) is 12.1 Å². The number of rotatable bonds is 5. The lowest BCUT2D eigenvalue weighted by Crippen LogP contribution is -2.15. The average Bonchev–Trinajstić information content (AvgIpc) is 3.38. The van der Waals surface area contributed by atoms with Crippen LogP contribution in [-0.4, -0.2) is 21.6 Å². The molecule has 7 heteroatoms. The van der Waals surface area contributed by atoms with Crippen LogP contribution in [0.4, 0.5) is 11.4 Å². The Hall–Kier alpha value is -4.13. The molecule has 0 aliphatic carbocycles. The predicted molar refractivity (Wildman–Crippen MR) is 114 cm³/mol. The molecule has 0 atom stereocenters. The highest BCUT2D eigenvalue weighted by molar-refractivity contribution is 6.06. The van der Waals surface area contributed by atoms with Crippen molar-refractivity contribution in [3.05, 3.63) is 95.7 Å². The van der Waals surface area contributed by atoms with E-state index in [0.717, 1.165) is 17.1 Å².